The minimum atomic E-state index is -0.175. The van der Waals surface area contributed by atoms with Crippen LogP contribution in [0, 0.1) is 0 Å². The van der Waals surface area contributed by atoms with E-state index in [-0.39, 0.29) is 18.3 Å². The molecule has 2 aliphatic heterocycles. The molecule has 2 saturated heterocycles. The quantitative estimate of drug-likeness (QED) is 0.357. The van der Waals surface area contributed by atoms with Crippen molar-refractivity contribution in [2.24, 2.45) is 0 Å². The minimum Gasteiger partial charge on any atom is -0.490 e. The van der Waals surface area contributed by atoms with Crippen LogP contribution in [0.3, 0.4) is 0 Å². The average molecular weight is 551 g/mol. The van der Waals surface area contributed by atoms with Gasteiger partial charge in [-0.15, -0.1) is 0 Å². The van der Waals surface area contributed by atoms with E-state index >= 15 is 0 Å². The molecule has 0 bridgehead atoms. The highest BCUT2D eigenvalue weighted by Gasteiger charge is 2.28. The molecule has 8 heteroatoms. The first-order chi connectivity index (χ1) is 19.8. The Kier molecular flexibility index (Phi) is 12.4. The van der Waals surface area contributed by atoms with E-state index in [1.54, 1.807) is 0 Å². The summed E-state index contributed by atoms with van der Waals surface area (Å²) in [5.41, 5.74) is 1.10. The molecule has 8 nitrogen and oxygen atoms in total. The maximum Gasteiger partial charge on any atom is 0.162 e. The lowest BCUT2D eigenvalue weighted by molar-refractivity contribution is -0.0439. The van der Waals surface area contributed by atoms with E-state index in [2.05, 4.69) is 22.8 Å². The van der Waals surface area contributed by atoms with Gasteiger partial charge in [0.1, 0.15) is 18.8 Å². The van der Waals surface area contributed by atoms with Crippen molar-refractivity contribution in [3.8, 4) is 23.0 Å². The van der Waals surface area contributed by atoms with Crippen molar-refractivity contribution >= 4 is 0 Å². The third kappa shape index (κ3) is 9.13. The van der Waals surface area contributed by atoms with Crippen LogP contribution in [-0.2, 0) is 9.47 Å². The second kappa shape index (κ2) is 16.7. The van der Waals surface area contributed by atoms with Gasteiger partial charge in [0, 0.05) is 26.2 Å². The molecule has 216 valence electrons. The van der Waals surface area contributed by atoms with Gasteiger partial charge in [0.15, 0.2) is 29.1 Å². The van der Waals surface area contributed by atoms with Crippen LogP contribution < -0.4 is 29.6 Å². The highest BCUT2D eigenvalue weighted by molar-refractivity contribution is 5.40. The molecule has 0 amide bonds. The first-order valence-corrected chi connectivity index (χ1v) is 14.2. The van der Waals surface area contributed by atoms with E-state index in [1.807, 2.05) is 80.6 Å². The van der Waals surface area contributed by atoms with Gasteiger partial charge in [-0.05, 0) is 43.7 Å². The number of nitrogens with one attached hydrogen (secondary N) is 2. The molecule has 3 atom stereocenters. The van der Waals surface area contributed by atoms with Gasteiger partial charge >= 0.3 is 0 Å². The number of hydrogen-bond acceptors (Lipinski definition) is 8. The Morgan fingerprint density at radius 1 is 0.675 bits per heavy atom. The fourth-order valence-corrected chi connectivity index (χ4v) is 4.49. The Bertz CT molecular complexity index is 1100. The summed E-state index contributed by atoms with van der Waals surface area (Å²) in [5, 5.41) is 6.65. The first-order valence-electron chi connectivity index (χ1n) is 14.2. The normalized spacial score (nSPS) is 19.4. The summed E-state index contributed by atoms with van der Waals surface area (Å²) >= 11 is 0. The molecule has 3 aromatic carbocycles. The molecular weight excluding hydrogens is 508 g/mol. The molecule has 3 aromatic rings. The Morgan fingerprint density at radius 3 is 1.80 bits per heavy atom. The van der Waals surface area contributed by atoms with Crippen molar-refractivity contribution in [2.75, 3.05) is 59.2 Å². The summed E-state index contributed by atoms with van der Waals surface area (Å²) in [6.45, 7) is 10.6. The SMILES string of the molecule is CCOc1ccccc1OCC1CNCCO1.CCOc1ccccc1O[C@H](c1ccccc1)[C@H]1CNCCO1. The zero-order valence-corrected chi connectivity index (χ0v) is 23.6. The van der Waals surface area contributed by atoms with E-state index in [4.69, 9.17) is 28.4 Å². The Balaban J connectivity index is 0.000000194. The maximum absolute atomic E-state index is 6.33. The average Bonchev–Trinajstić information content (AvgIpc) is 3.02. The molecule has 2 fully saturated rings. The Hall–Kier alpha value is -3.30. The zero-order valence-electron chi connectivity index (χ0n) is 23.6. The van der Waals surface area contributed by atoms with Crippen molar-refractivity contribution < 1.29 is 28.4 Å². The molecule has 0 saturated carbocycles. The van der Waals surface area contributed by atoms with Crippen LogP contribution in [0.5, 0.6) is 23.0 Å². The van der Waals surface area contributed by atoms with Crippen LogP contribution in [0.1, 0.15) is 25.5 Å². The molecular formula is C32H42N2O6. The lowest BCUT2D eigenvalue weighted by Crippen LogP contribution is -2.43. The monoisotopic (exact) mass is 550 g/mol. The molecule has 0 radical (unpaired) electrons. The smallest absolute Gasteiger partial charge is 0.162 e. The number of rotatable bonds is 11. The maximum atomic E-state index is 6.33. The van der Waals surface area contributed by atoms with Crippen molar-refractivity contribution in [1.82, 2.24) is 10.6 Å². The van der Waals surface area contributed by atoms with E-state index in [0.717, 1.165) is 61.3 Å². The predicted molar refractivity (Wildman–Crippen MR) is 156 cm³/mol. The fourth-order valence-electron chi connectivity index (χ4n) is 4.49. The summed E-state index contributed by atoms with van der Waals surface area (Å²) in [7, 11) is 0. The number of ether oxygens (including phenoxy) is 6. The molecule has 2 N–H and O–H groups in total. The van der Waals surface area contributed by atoms with Gasteiger partial charge < -0.3 is 39.1 Å². The summed E-state index contributed by atoms with van der Waals surface area (Å²) < 4.78 is 34.8. The highest BCUT2D eigenvalue weighted by atomic mass is 16.6. The predicted octanol–water partition coefficient (Wildman–Crippen LogP) is 4.65. The lowest BCUT2D eigenvalue weighted by Gasteiger charge is -2.32. The largest absolute Gasteiger partial charge is 0.490 e. The standard InChI is InChI=1S/C19H23NO3.C13H19NO3/c1-2-21-16-10-6-7-11-17(16)23-19(15-8-4-3-5-9-15)18-14-20-12-13-22-18;1-2-15-12-5-3-4-6-13(12)17-10-11-9-14-7-8-16-11/h3-11,18-20H,2,12-14H2,1H3;3-6,11,14H,2,7-10H2,1H3/t18-,19-;/m1./s1. The van der Waals surface area contributed by atoms with Gasteiger partial charge in [-0.2, -0.15) is 0 Å². The third-order valence-electron chi connectivity index (χ3n) is 6.40. The second-order valence-electron chi connectivity index (χ2n) is 9.33. The first kappa shape index (κ1) is 29.7. The number of para-hydroxylation sites is 4. The number of morpholine rings is 2. The summed E-state index contributed by atoms with van der Waals surface area (Å²) in [6.07, 6.45) is -0.0788. The minimum absolute atomic E-state index is 0.0270. The van der Waals surface area contributed by atoms with Gasteiger partial charge in [-0.3, -0.25) is 0 Å². The van der Waals surface area contributed by atoms with Crippen LogP contribution in [0.4, 0.5) is 0 Å². The van der Waals surface area contributed by atoms with Crippen LogP contribution in [0.25, 0.3) is 0 Å². The van der Waals surface area contributed by atoms with E-state index in [0.29, 0.717) is 26.4 Å². The summed E-state index contributed by atoms with van der Waals surface area (Å²) in [5.74, 6) is 3.08. The van der Waals surface area contributed by atoms with Crippen LogP contribution in [0.2, 0.25) is 0 Å². The van der Waals surface area contributed by atoms with Gasteiger partial charge in [0.25, 0.3) is 0 Å². The Morgan fingerprint density at radius 2 is 1.23 bits per heavy atom. The lowest BCUT2D eigenvalue weighted by atomic mass is 10.0. The van der Waals surface area contributed by atoms with E-state index in [9.17, 15) is 0 Å². The summed E-state index contributed by atoms with van der Waals surface area (Å²) in [6, 6.07) is 25.7. The topological polar surface area (TPSA) is 79.4 Å². The number of benzene rings is 3. The van der Waals surface area contributed by atoms with Crippen molar-refractivity contribution in [3.05, 3.63) is 84.4 Å². The second-order valence-corrected chi connectivity index (χ2v) is 9.33. The van der Waals surface area contributed by atoms with Crippen LogP contribution in [0.15, 0.2) is 78.9 Å². The molecule has 0 aromatic heterocycles. The Labute approximate surface area is 237 Å². The highest BCUT2D eigenvalue weighted by Crippen LogP contribution is 2.33. The van der Waals surface area contributed by atoms with Gasteiger partial charge in [-0.25, -0.2) is 0 Å². The molecule has 40 heavy (non-hydrogen) atoms. The molecule has 2 aliphatic rings. The van der Waals surface area contributed by atoms with Crippen molar-refractivity contribution in [2.45, 2.75) is 32.2 Å². The molecule has 0 spiro atoms. The zero-order chi connectivity index (χ0) is 27.8. The molecule has 5 rings (SSSR count). The van der Waals surface area contributed by atoms with Gasteiger partial charge in [-0.1, -0.05) is 54.6 Å². The van der Waals surface area contributed by atoms with Crippen molar-refractivity contribution in [3.63, 3.8) is 0 Å². The van der Waals surface area contributed by atoms with E-state index in [1.165, 1.54) is 0 Å². The van der Waals surface area contributed by atoms with Gasteiger partial charge in [0.2, 0.25) is 0 Å². The van der Waals surface area contributed by atoms with Crippen molar-refractivity contribution in [1.29, 1.82) is 0 Å². The number of hydrogen-bond donors (Lipinski definition) is 2. The summed E-state index contributed by atoms with van der Waals surface area (Å²) in [4.78, 5) is 0. The third-order valence-corrected chi connectivity index (χ3v) is 6.40. The van der Waals surface area contributed by atoms with E-state index < -0.39 is 0 Å². The molecule has 2 heterocycles. The van der Waals surface area contributed by atoms with Crippen LogP contribution >= 0.6 is 0 Å². The van der Waals surface area contributed by atoms with Crippen LogP contribution in [-0.4, -0.2) is 71.4 Å². The molecule has 1 unspecified atom stereocenters. The molecule has 0 aliphatic carbocycles. The van der Waals surface area contributed by atoms with Gasteiger partial charge in [0.05, 0.1) is 26.4 Å². The fraction of sp³-hybridized carbons (Fsp3) is 0.438.